The van der Waals surface area contributed by atoms with Crippen LogP contribution >= 0.6 is 11.3 Å². The standard InChI is InChI=1S/C38H47N7O9S2/c1-6-22-20-38(22,34(47)43-56(50,51)26-14-15-26)41-32(46)29-19-25(21-44(29)36(49)45(37(2,3)4)42-35(48)54-23-10-7-8-11-23)53-33-31(30-12-9-17-55-30)39-28-18-24(52-5)13-16-27(28)40-33/h6,9,12-13,16-18,22-23,25-26,29H,1,7-8,10-11,14-15,19-21H2,2-5H3,(H,41,46)(H,42,48)(H,43,47)/t22-,25?,29+,38?/m1/s1. The Labute approximate surface area is 329 Å². The third kappa shape index (κ3) is 8.12. The van der Waals surface area contributed by atoms with E-state index in [0.29, 0.717) is 35.3 Å². The molecule has 300 valence electrons. The minimum absolute atomic E-state index is 0.0366. The molecule has 3 saturated carbocycles. The van der Waals surface area contributed by atoms with Gasteiger partial charge in [-0.1, -0.05) is 12.1 Å². The number of methoxy groups -OCH3 is 1. The van der Waals surface area contributed by atoms with Crippen molar-refractivity contribution in [2.75, 3.05) is 13.7 Å². The Hall–Kier alpha value is -4.97. The second kappa shape index (κ2) is 15.2. The summed E-state index contributed by atoms with van der Waals surface area (Å²) in [6.45, 7) is 8.85. The molecule has 7 rings (SSSR count). The number of urea groups is 1. The lowest BCUT2D eigenvalue weighted by atomic mass is 10.1. The van der Waals surface area contributed by atoms with Crippen LogP contribution in [0.5, 0.6) is 11.6 Å². The molecule has 3 N–H and O–H groups in total. The number of carbonyl (C=O) groups is 4. The summed E-state index contributed by atoms with van der Waals surface area (Å²) in [6.07, 6.45) is 3.95. The largest absolute Gasteiger partial charge is 0.497 e. The molecule has 3 aliphatic carbocycles. The number of ether oxygens (including phenoxy) is 3. The predicted molar refractivity (Wildman–Crippen MR) is 207 cm³/mol. The predicted octanol–water partition coefficient (Wildman–Crippen LogP) is 4.66. The number of hydrogen-bond donors (Lipinski definition) is 3. The first kappa shape index (κ1) is 39.3. The fourth-order valence-corrected chi connectivity index (χ4v) is 9.30. The molecule has 3 heterocycles. The Bertz CT molecular complexity index is 2130. The Kier molecular flexibility index (Phi) is 10.6. The maximum atomic E-state index is 14.6. The van der Waals surface area contributed by atoms with Gasteiger partial charge >= 0.3 is 12.1 Å². The van der Waals surface area contributed by atoms with Crippen LogP contribution in [-0.4, -0.2) is 100 Å². The topological polar surface area (TPSA) is 198 Å². The highest BCUT2D eigenvalue weighted by molar-refractivity contribution is 7.91. The Morgan fingerprint density at radius 1 is 1.05 bits per heavy atom. The molecule has 18 heteroatoms. The van der Waals surface area contributed by atoms with Crippen molar-refractivity contribution in [3.05, 3.63) is 48.4 Å². The van der Waals surface area contributed by atoms with Gasteiger partial charge in [0.1, 0.15) is 35.2 Å². The highest BCUT2D eigenvalue weighted by Crippen LogP contribution is 2.46. The molecule has 4 aliphatic rings. The van der Waals surface area contributed by atoms with Crippen molar-refractivity contribution >= 4 is 56.3 Å². The van der Waals surface area contributed by atoms with Gasteiger partial charge in [-0.25, -0.2) is 38.4 Å². The number of rotatable bonds is 11. The zero-order valence-corrected chi connectivity index (χ0v) is 33.4. The van der Waals surface area contributed by atoms with Gasteiger partial charge in [-0.15, -0.1) is 17.9 Å². The number of benzene rings is 1. The molecule has 56 heavy (non-hydrogen) atoms. The van der Waals surface area contributed by atoms with E-state index in [0.717, 1.165) is 35.6 Å². The molecule has 4 fully saturated rings. The number of hydrazine groups is 1. The summed E-state index contributed by atoms with van der Waals surface area (Å²) in [7, 11) is -2.36. The number of carbonyl (C=O) groups excluding carboxylic acids is 4. The number of sulfonamides is 1. The van der Waals surface area contributed by atoms with E-state index in [2.05, 4.69) is 22.0 Å². The summed E-state index contributed by atoms with van der Waals surface area (Å²) in [4.78, 5) is 67.4. The van der Waals surface area contributed by atoms with E-state index < -0.39 is 68.4 Å². The summed E-state index contributed by atoms with van der Waals surface area (Å²) < 4.78 is 45.2. The number of fused-ring (bicyclic) bond motifs is 1. The summed E-state index contributed by atoms with van der Waals surface area (Å²) >= 11 is 1.44. The average Bonchev–Trinajstić information content (AvgIpc) is 3.91. The molecule has 0 bridgehead atoms. The molecular formula is C38H47N7O9S2. The zero-order valence-electron chi connectivity index (χ0n) is 31.8. The fraction of sp³-hybridized carbons (Fsp3) is 0.526. The maximum Gasteiger partial charge on any atom is 0.426 e. The number of likely N-dealkylation sites (tertiary alicyclic amines) is 1. The van der Waals surface area contributed by atoms with Crippen molar-refractivity contribution in [1.29, 1.82) is 0 Å². The van der Waals surface area contributed by atoms with E-state index in [1.54, 1.807) is 46.1 Å². The first-order valence-electron chi connectivity index (χ1n) is 18.8. The zero-order chi connectivity index (χ0) is 40.0. The number of amides is 5. The average molecular weight is 810 g/mol. The second-order valence-corrected chi connectivity index (χ2v) is 18.7. The third-order valence-corrected chi connectivity index (χ3v) is 13.3. The lowest BCUT2D eigenvalue weighted by molar-refractivity contribution is -0.131. The van der Waals surface area contributed by atoms with Gasteiger partial charge in [0.05, 0.1) is 40.4 Å². The van der Waals surface area contributed by atoms with E-state index in [-0.39, 0.29) is 31.4 Å². The van der Waals surface area contributed by atoms with Gasteiger partial charge in [-0.3, -0.25) is 14.3 Å². The fourth-order valence-electron chi connectivity index (χ4n) is 7.23. The molecule has 1 aliphatic heterocycles. The van der Waals surface area contributed by atoms with Crippen LogP contribution in [0.4, 0.5) is 9.59 Å². The Balaban J connectivity index is 1.19. The van der Waals surface area contributed by atoms with E-state index in [4.69, 9.17) is 24.2 Å². The Morgan fingerprint density at radius 3 is 2.43 bits per heavy atom. The van der Waals surface area contributed by atoms with Crippen molar-refractivity contribution < 1.29 is 41.8 Å². The smallest absolute Gasteiger partial charge is 0.426 e. The quantitative estimate of drug-likeness (QED) is 0.180. The second-order valence-electron chi connectivity index (χ2n) is 15.7. The van der Waals surface area contributed by atoms with Crippen LogP contribution in [0.3, 0.4) is 0 Å². The van der Waals surface area contributed by atoms with Crippen LogP contribution in [-0.2, 0) is 24.3 Å². The van der Waals surface area contributed by atoms with Crippen LogP contribution in [0.2, 0.25) is 0 Å². The van der Waals surface area contributed by atoms with E-state index in [1.807, 2.05) is 17.5 Å². The molecule has 1 aromatic carbocycles. The highest BCUT2D eigenvalue weighted by atomic mass is 32.2. The van der Waals surface area contributed by atoms with Gasteiger partial charge in [0.15, 0.2) is 0 Å². The van der Waals surface area contributed by atoms with Crippen LogP contribution in [0, 0.1) is 5.92 Å². The molecule has 0 spiro atoms. The highest BCUT2D eigenvalue weighted by Gasteiger charge is 2.62. The number of thiophene rings is 1. The van der Waals surface area contributed by atoms with Gasteiger partial charge in [-0.2, -0.15) is 0 Å². The maximum absolute atomic E-state index is 14.6. The molecule has 4 atom stereocenters. The van der Waals surface area contributed by atoms with E-state index in [9.17, 15) is 27.6 Å². The van der Waals surface area contributed by atoms with Crippen molar-refractivity contribution in [2.45, 2.75) is 107 Å². The molecular weight excluding hydrogens is 763 g/mol. The first-order valence-corrected chi connectivity index (χ1v) is 21.2. The normalized spacial score (nSPS) is 23.6. The minimum Gasteiger partial charge on any atom is -0.497 e. The summed E-state index contributed by atoms with van der Waals surface area (Å²) in [6, 6.07) is 7.10. The van der Waals surface area contributed by atoms with Crippen molar-refractivity contribution in [1.82, 2.24) is 35.3 Å². The molecule has 1 saturated heterocycles. The molecule has 3 aromatic rings. The molecule has 5 amide bonds. The summed E-state index contributed by atoms with van der Waals surface area (Å²) in [5, 5.41) is 5.16. The lowest BCUT2D eigenvalue weighted by Crippen LogP contribution is -2.63. The van der Waals surface area contributed by atoms with Crippen LogP contribution < -0.4 is 24.9 Å². The first-order chi connectivity index (χ1) is 26.6. The monoisotopic (exact) mass is 809 g/mol. The van der Waals surface area contributed by atoms with Crippen molar-refractivity contribution in [3.63, 3.8) is 0 Å². The Morgan fingerprint density at radius 2 is 1.80 bits per heavy atom. The summed E-state index contributed by atoms with van der Waals surface area (Å²) in [5.41, 5.74) is 1.61. The van der Waals surface area contributed by atoms with Gasteiger partial charge in [0, 0.05) is 18.4 Å². The lowest BCUT2D eigenvalue weighted by Gasteiger charge is -2.39. The van der Waals surface area contributed by atoms with Gasteiger partial charge in [0.25, 0.3) is 5.91 Å². The SMILES string of the molecule is C=C[C@@H]1CC1(NC(=O)[C@@H]1CC(Oc2nc3ccc(OC)cc3nc2-c2cccs2)CN1C(=O)N(NC(=O)OC1CCCC1)C(C)(C)C)C(=O)NS(=O)(=O)C1CC1. The number of aromatic nitrogens is 2. The van der Waals surface area contributed by atoms with Crippen molar-refractivity contribution in [2.24, 2.45) is 5.92 Å². The third-order valence-electron chi connectivity index (χ3n) is 10.6. The molecule has 0 radical (unpaired) electrons. The minimum atomic E-state index is -3.92. The van der Waals surface area contributed by atoms with Crippen LogP contribution in [0.15, 0.2) is 48.4 Å². The van der Waals surface area contributed by atoms with Gasteiger partial charge in [-0.05, 0) is 89.3 Å². The molecule has 2 unspecified atom stereocenters. The molecule has 2 aromatic heterocycles. The molecule has 16 nitrogen and oxygen atoms in total. The number of hydrogen-bond acceptors (Lipinski definition) is 12. The van der Waals surface area contributed by atoms with Crippen LogP contribution in [0.25, 0.3) is 21.6 Å². The summed E-state index contributed by atoms with van der Waals surface area (Å²) in [5.74, 6) is -1.32. The van der Waals surface area contributed by atoms with E-state index >= 15 is 0 Å². The van der Waals surface area contributed by atoms with Crippen molar-refractivity contribution in [3.8, 4) is 22.2 Å². The number of nitrogens with one attached hydrogen (secondary N) is 3. The van der Waals surface area contributed by atoms with Gasteiger partial charge in [0.2, 0.25) is 21.8 Å². The number of nitrogens with zero attached hydrogens (tertiary/aromatic N) is 4. The van der Waals surface area contributed by atoms with Gasteiger partial charge < -0.3 is 24.4 Å². The van der Waals surface area contributed by atoms with E-state index in [1.165, 1.54) is 22.3 Å². The van der Waals surface area contributed by atoms with Crippen LogP contribution in [0.1, 0.15) is 72.1 Å².